The highest BCUT2D eigenvalue weighted by atomic mass is 35.5. The highest BCUT2D eigenvalue weighted by Crippen LogP contribution is 2.33. The van der Waals surface area contributed by atoms with Gasteiger partial charge < -0.3 is 11.1 Å². The van der Waals surface area contributed by atoms with Crippen LogP contribution < -0.4 is 11.1 Å². The number of anilines is 2. The molecular weight excluding hydrogens is 400 g/mol. The molecule has 0 unspecified atom stereocenters. The summed E-state index contributed by atoms with van der Waals surface area (Å²) in [6.45, 7) is 3.58. The number of halogens is 1. The first-order valence-corrected chi connectivity index (χ1v) is 10.6. The van der Waals surface area contributed by atoms with Gasteiger partial charge in [-0.15, -0.1) is 0 Å². The van der Waals surface area contributed by atoms with Crippen LogP contribution in [0.1, 0.15) is 29.3 Å². The molecule has 0 atom stereocenters. The average Bonchev–Trinajstić information content (AvgIpc) is 2.61. The number of amides is 1. The van der Waals surface area contributed by atoms with E-state index in [4.69, 9.17) is 17.3 Å². The van der Waals surface area contributed by atoms with Gasteiger partial charge in [-0.05, 0) is 37.1 Å². The zero-order valence-electron chi connectivity index (χ0n) is 15.4. The molecule has 0 radical (unpaired) electrons. The fourth-order valence-electron chi connectivity index (χ4n) is 2.96. The lowest BCUT2D eigenvalue weighted by Crippen LogP contribution is -2.15. The van der Waals surface area contributed by atoms with Gasteiger partial charge >= 0.3 is 0 Å². The third-order valence-corrected chi connectivity index (χ3v) is 6.31. The Morgan fingerprint density at radius 2 is 1.96 bits per heavy atom. The fourth-order valence-corrected chi connectivity index (χ4v) is 4.56. The number of nitrogens with one attached hydrogen (secondary N) is 1. The molecule has 0 saturated carbocycles. The number of nitrogens with two attached hydrogens (primary N) is 1. The number of carbonyl (C=O) groups excluding carboxylic acids is 1. The first kappa shape index (κ1) is 20.0. The lowest BCUT2D eigenvalue weighted by Gasteiger charge is -2.15. The molecule has 3 rings (SSSR count). The maximum atomic E-state index is 12.6. The van der Waals surface area contributed by atoms with Gasteiger partial charge in [0.05, 0.1) is 44.3 Å². The van der Waals surface area contributed by atoms with E-state index in [2.05, 4.69) is 15.3 Å². The van der Waals surface area contributed by atoms with Crippen LogP contribution in [0, 0.1) is 6.92 Å². The fraction of sp³-hybridized carbons (Fsp3) is 0.211. The molecule has 0 bridgehead atoms. The van der Waals surface area contributed by atoms with Crippen molar-refractivity contribution in [1.82, 2.24) is 9.97 Å². The highest BCUT2D eigenvalue weighted by molar-refractivity contribution is 7.91. The van der Waals surface area contributed by atoms with Crippen LogP contribution in [0.15, 0.2) is 41.7 Å². The average molecular weight is 419 g/mol. The SMILES string of the molecule is CCCS(=O)(=O)c1cc(C)c2ncc(C(N)=O)c(Nc3cncc(Cl)c3)c2c1. The van der Waals surface area contributed by atoms with Crippen molar-refractivity contribution in [3.63, 3.8) is 0 Å². The van der Waals surface area contributed by atoms with Gasteiger partial charge in [-0.2, -0.15) is 0 Å². The van der Waals surface area contributed by atoms with Gasteiger partial charge in [0.15, 0.2) is 9.84 Å². The number of benzene rings is 1. The Hall–Kier alpha value is -2.71. The molecule has 0 aliphatic heterocycles. The summed E-state index contributed by atoms with van der Waals surface area (Å²) in [5, 5.41) is 3.98. The number of hydrogen-bond donors (Lipinski definition) is 2. The summed E-state index contributed by atoms with van der Waals surface area (Å²) in [6, 6.07) is 4.75. The molecule has 0 aliphatic carbocycles. The van der Waals surface area contributed by atoms with E-state index in [-0.39, 0.29) is 16.2 Å². The van der Waals surface area contributed by atoms with Crippen molar-refractivity contribution in [2.24, 2.45) is 5.73 Å². The van der Waals surface area contributed by atoms with E-state index >= 15 is 0 Å². The Balaban J connectivity index is 2.30. The van der Waals surface area contributed by atoms with Crippen molar-refractivity contribution >= 4 is 49.6 Å². The smallest absolute Gasteiger partial charge is 0.252 e. The molecule has 1 amide bonds. The monoisotopic (exact) mass is 418 g/mol. The largest absolute Gasteiger partial charge is 0.365 e. The zero-order valence-corrected chi connectivity index (χ0v) is 16.9. The maximum Gasteiger partial charge on any atom is 0.252 e. The second kappa shape index (κ2) is 7.73. The molecule has 28 heavy (non-hydrogen) atoms. The number of pyridine rings is 2. The topological polar surface area (TPSA) is 115 Å². The van der Waals surface area contributed by atoms with E-state index in [9.17, 15) is 13.2 Å². The summed E-state index contributed by atoms with van der Waals surface area (Å²) in [4.78, 5) is 20.5. The summed E-state index contributed by atoms with van der Waals surface area (Å²) in [6.07, 6.45) is 4.88. The second-order valence-electron chi connectivity index (χ2n) is 6.38. The number of nitrogens with zero attached hydrogens (tertiary/aromatic N) is 2. The first-order chi connectivity index (χ1) is 13.2. The Kier molecular flexibility index (Phi) is 5.53. The van der Waals surface area contributed by atoms with E-state index in [1.165, 1.54) is 24.7 Å². The predicted molar refractivity (Wildman–Crippen MR) is 110 cm³/mol. The number of hydrogen-bond acceptors (Lipinski definition) is 6. The van der Waals surface area contributed by atoms with Crippen LogP contribution in [-0.4, -0.2) is 30.0 Å². The molecule has 0 saturated heterocycles. The van der Waals surface area contributed by atoms with Crippen LogP contribution in [0.4, 0.5) is 11.4 Å². The van der Waals surface area contributed by atoms with E-state index in [1.807, 2.05) is 0 Å². The number of fused-ring (bicyclic) bond motifs is 1. The van der Waals surface area contributed by atoms with Crippen LogP contribution in [0.2, 0.25) is 5.02 Å². The van der Waals surface area contributed by atoms with Crippen molar-refractivity contribution in [2.75, 3.05) is 11.1 Å². The zero-order chi connectivity index (χ0) is 20.5. The molecule has 146 valence electrons. The van der Waals surface area contributed by atoms with E-state index in [1.54, 1.807) is 26.0 Å². The van der Waals surface area contributed by atoms with Gasteiger partial charge in [0.2, 0.25) is 0 Å². The summed E-state index contributed by atoms with van der Waals surface area (Å²) in [5.41, 5.74) is 7.79. The van der Waals surface area contributed by atoms with E-state index < -0.39 is 15.7 Å². The minimum absolute atomic E-state index is 0.0296. The van der Waals surface area contributed by atoms with Crippen molar-refractivity contribution in [3.05, 3.63) is 52.9 Å². The minimum atomic E-state index is -3.46. The predicted octanol–water partition coefficient (Wildman–Crippen LogP) is 3.62. The van der Waals surface area contributed by atoms with Crippen molar-refractivity contribution < 1.29 is 13.2 Å². The molecule has 9 heteroatoms. The number of sulfone groups is 1. The second-order valence-corrected chi connectivity index (χ2v) is 8.93. The van der Waals surface area contributed by atoms with Gasteiger partial charge in [0, 0.05) is 17.8 Å². The van der Waals surface area contributed by atoms with Crippen molar-refractivity contribution in [1.29, 1.82) is 0 Å². The van der Waals surface area contributed by atoms with Crippen LogP contribution in [0.25, 0.3) is 10.9 Å². The summed E-state index contributed by atoms with van der Waals surface area (Å²) >= 11 is 5.99. The lowest BCUT2D eigenvalue weighted by atomic mass is 10.1. The Bertz CT molecular complexity index is 1180. The summed E-state index contributed by atoms with van der Waals surface area (Å²) in [5.74, 6) is -0.659. The molecule has 2 aromatic heterocycles. The first-order valence-electron chi connectivity index (χ1n) is 8.56. The van der Waals surface area contributed by atoms with Crippen LogP contribution >= 0.6 is 11.6 Å². The van der Waals surface area contributed by atoms with Gasteiger partial charge in [0.25, 0.3) is 5.91 Å². The molecule has 7 nitrogen and oxygen atoms in total. The number of primary amides is 1. The maximum absolute atomic E-state index is 12.6. The number of carbonyl (C=O) groups is 1. The Labute approximate surface area is 167 Å². The molecule has 0 spiro atoms. The molecule has 1 aromatic carbocycles. The number of aromatic nitrogens is 2. The third-order valence-electron chi connectivity index (χ3n) is 4.21. The van der Waals surface area contributed by atoms with Crippen LogP contribution in [0.5, 0.6) is 0 Å². The molecular formula is C19H19ClN4O3S. The third kappa shape index (κ3) is 3.93. The summed E-state index contributed by atoms with van der Waals surface area (Å²) < 4.78 is 25.2. The van der Waals surface area contributed by atoms with Crippen LogP contribution in [-0.2, 0) is 9.84 Å². The highest BCUT2D eigenvalue weighted by Gasteiger charge is 2.20. The molecule has 3 aromatic rings. The normalized spacial score (nSPS) is 11.5. The molecule has 0 fully saturated rings. The van der Waals surface area contributed by atoms with Gasteiger partial charge in [-0.3, -0.25) is 14.8 Å². The van der Waals surface area contributed by atoms with Crippen molar-refractivity contribution in [2.45, 2.75) is 25.2 Å². The quantitative estimate of drug-likeness (QED) is 0.631. The summed E-state index contributed by atoms with van der Waals surface area (Å²) in [7, 11) is -3.46. The van der Waals surface area contributed by atoms with E-state index in [0.29, 0.717) is 39.3 Å². The van der Waals surface area contributed by atoms with Crippen LogP contribution in [0.3, 0.4) is 0 Å². The van der Waals surface area contributed by atoms with Gasteiger partial charge in [-0.1, -0.05) is 18.5 Å². The molecule has 2 heterocycles. The molecule has 3 N–H and O–H groups in total. The van der Waals surface area contributed by atoms with Gasteiger partial charge in [0.1, 0.15) is 0 Å². The standard InChI is InChI=1S/C19H19ClN4O3S/c1-3-4-28(26,27)14-5-11(2)17-15(7-14)18(16(10-23-17)19(21)25)24-13-6-12(20)8-22-9-13/h5-10H,3-4H2,1-2H3,(H2,21,25)(H,23,24). The van der Waals surface area contributed by atoms with Gasteiger partial charge in [-0.25, -0.2) is 8.42 Å². The van der Waals surface area contributed by atoms with Crippen molar-refractivity contribution in [3.8, 4) is 0 Å². The minimum Gasteiger partial charge on any atom is -0.365 e. The number of rotatable bonds is 6. The Morgan fingerprint density at radius 1 is 1.21 bits per heavy atom. The lowest BCUT2D eigenvalue weighted by molar-refractivity contribution is 0.100. The molecule has 0 aliphatic rings. The number of aryl methyl sites for hydroxylation is 1. The van der Waals surface area contributed by atoms with E-state index in [0.717, 1.165) is 0 Å². The Morgan fingerprint density at radius 3 is 2.61 bits per heavy atom.